The highest BCUT2D eigenvalue weighted by Crippen LogP contribution is 2.56. The van der Waals surface area contributed by atoms with Crippen molar-refractivity contribution in [1.82, 2.24) is 0 Å². The topological polar surface area (TPSA) is 20.3 Å². The number of carbonyl (C=O) groups excluding carboxylic acids is 1. The van der Waals surface area contributed by atoms with Crippen molar-refractivity contribution in [3.05, 3.63) is 42.5 Å². The van der Waals surface area contributed by atoms with Crippen LogP contribution in [0.3, 0.4) is 0 Å². The van der Waals surface area contributed by atoms with Crippen LogP contribution >= 0.6 is 0 Å². The second-order valence-corrected chi connectivity index (χ2v) is 6.97. The molecule has 0 aromatic heterocycles. The monoisotopic (exact) mass is 277 g/mol. The zero-order valence-corrected chi connectivity index (χ0v) is 12.0. The van der Waals surface area contributed by atoms with Crippen LogP contribution in [0.5, 0.6) is 0 Å². The van der Waals surface area contributed by atoms with Crippen molar-refractivity contribution in [2.45, 2.75) is 19.3 Å². The lowest BCUT2D eigenvalue weighted by molar-refractivity contribution is -0.122. The van der Waals surface area contributed by atoms with Gasteiger partial charge in [-0.2, -0.15) is 0 Å². The van der Waals surface area contributed by atoms with Gasteiger partial charge in [0.1, 0.15) is 0 Å². The quantitative estimate of drug-likeness (QED) is 0.775. The number of hydrogen-bond acceptors (Lipinski definition) is 1. The van der Waals surface area contributed by atoms with Gasteiger partial charge in [-0.15, -0.1) is 0 Å². The minimum Gasteiger partial charge on any atom is -0.311 e. The second-order valence-electron chi connectivity index (χ2n) is 6.97. The van der Waals surface area contributed by atoms with Gasteiger partial charge in [0.05, 0.1) is 5.69 Å². The Labute approximate surface area is 124 Å². The first-order valence-corrected chi connectivity index (χ1v) is 8.12. The van der Waals surface area contributed by atoms with E-state index in [0.717, 1.165) is 18.2 Å². The molecule has 2 aromatic rings. The Morgan fingerprint density at radius 3 is 2.67 bits per heavy atom. The molecule has 1 heterocycles. The Hall–Kier alpha value is -1.83. The third-order valence-corrected chi connectivity index (χ3v) is 6.09. The first-order chi connectivity index (χ1) is 10.3. The maximum absolute atomic E-state index is 12.9. The molecule has 2 aromatic carbocycles. The number of hydrogen-bond donors (Lipinski definition) is 0. The van der Waals surface area contributed by atoms with E-state index in [1.54, 1.807) is 0 Å². The van der Waals surface area contributed by atoms with Crippen LogP contribution < -0.4 is 4.90 Å². The lowest BCUT2D eigenvalue weighted by atomic mass is 9.81. The predicted molar refractivity (Wildman–Crippen MR) is 84.1 cm³/mol. The van der Waals surface area contributed by atoms with Crippen LogP contribution in [0.2, 0.25) is 0 Å². The Morgan fingerprint density at radius 2 is 1.76 bits per heavy atom. The zero-order chi connectivity index (χ0) is 14.0. The summed E-state index contributed by atoms with van der Waals surface area (Å²) in [5.74, 6) is 2.82. The smallest absolute Gasteiger partial charge is 0.230 e. The first kappa shape index (κ1) is 11.8. The molecule has 1 aliphatic heterocycles. The molecule has 5 rings (SSSR count). The van der Waals surface area contributed by atoms with E-state index in [1.165, 1.54) is 30.0 Å². The van der Waals surface area contributed by atoms with Gasteiger partial charge in [-0.3, -0.25) is 4.79 Å². The van der Waals surface area contributed by atoms with Gasteiger partial charge in [-0.25, -0.2) is 0 Å². The van der Waals surface area contributed by atoms with Gasteiger partial charge in [0.25, 0.3) is 0 Å². The lowest BCUT2D eigenvalue weighted by Gasteiger charge is -2.20. The Bertz CT molecular complexity index is 732. The lowest BCUT2D eigenvalue weighted by Crippen LogP contribution is -2.29. The fourth-order valence-corrected chi connectivity index (χ4v) is 5.20. The zero-order valence-electron chi connectivity index (χ0n) is 12.0. The van der Waals surface area contributed by atoms with E-state index < -0.39 is 0 Å². The Morgan fingerprint density at radius 1 is 0.952 bits per heavy atom. The van der Waals surface area contributed by atoms with Gasteiger partial charge in [0.15, 0.2) is 0 Å². The maximum Gasteiger partial charge on any atom is 0.230 e. The van der Waals surface area contributed by atoms with Crippen LogP contribution in [-0.2, 0) is 4.79 Å². The van der Waals surface area contributed by atoms with Crippen molar-refractivity contribution in [1.29, 1.82) is 0 Å². The molecule has 2 nitrogen and oxygen atoms in total. The molecule has 2 heteroatoms. The van der Waals surface area contributed by atoms with Crippen LogP contribution in [0.25, 0.3) is 10.8 Å². The van der Waals surface area contributed by atoms with Crippen molar-refractivity contribution in [2.75, 3.05) is 11.4 Å². The number of benzene rings is 2. The normalized spacial score (nSPS) is 33.9. The van der Waals surface area contributed by atoms with E-state index in [9.17, 15) is 4.79 Å². The number of rotatable bonds is 1. The fourth-order valence-electron chi connectivity index (χ4n) is 5.20. The number of nitrogens with zero attached hydrogens (tertiary/aromatic N) is 1. The van der Waals surface area contributed by atoms with Crippen LogP contribution in [0.15, 0.2) is 42.5 Å². The van der Waals surface area contributed by atoms with Crippen LogP contribution in [0.4, 0.5) is 5.69 Å². The highest BCUT2D eigenvalue weighted by Gasteiger charge is 2.56. The van der Waals surface area contributed by atoms with Gasteiger partial charge < -0.3 is 4.90 Å². The molecule has 4 unspecified atom stereocenters. The molecule has 0 spiro atoms. The van der Waals surface area contributed by atoms with Crippen LogP contribution in [0, 0.1) is 23.7 Å². The molecule has 4 atom stereocenters. The summed E-state index contributed by atoms with van der Waals surface area (Å²) in [4.78, 5) is 15.0. The molecular formula is C19H19NO. The molecular weight excluding hydrogens is 258 g/mol. The minimum atomic E-state index is 0.322. The van der Waals surface area contributed by atoms with Crippen molar-refractivity contribution in [3.63, 3.8) is 0 Å². The van der Waals surface area contributed by atoms with Crippen LogP contribution in [0.1, 0.15) is 19.3 Å². The van der Waals surface area contributed by atoms with E-state index in [1.807, 2.05) is 0 Å². The molecule has 2 bridgehead atoms. The predicted octanol–water partition coefficient (Wildman–Crippen LogP) is 3.85. The van der Waals surface area contributed by atoms with Gasteiger partial charge in [-0.05, 0) is 48.5 Å². The highest BCUT2D eigenvalue weighted by atomic mass is 16.2. The molecule has 3 aliphatic rings. The van der Waals surface area contributed by atoms with Gasteiger partial charge in [0, 0.05) is 17.8 Å². The Kier molecular flexibility index (Phi) is 2.30. The van der Waals surface area contributed by atoms with E-state index in [-0.39, 0.29) is 0 Å². The number of amides is 1. The molecule has 2 saturated carbocycles. The van der Waals surface area contributed by atoms with Gasteiger partial charge >= 0.3 is 0 Å². The fraction of sp³-hybridized carbons (Fsp3) is 0.421. The molecule has 3 fully saturated rings. The first-order valence-electron chi connectivity index (χ1n) is 8.12. The molecule has 0 N–H and O–H groups in total. The molecule has 1 saturated heterocycles. The van der Waals surface area contributed by atoms with E-state index >= 15 is 0 Å². The summed E-state index contributed by atoms with van der Waals surface area (Å²) in [7, 11) is 0. The Balaban J connectivity index is 1.60. The number of anilines is 1. The van der Waals surface area contributed by atoms with Crippen molar-refractivity contribution < 1.29 is 4.79 Å². The summed E-state index contributed by atoms with van der Waals surface area (Å²) in [6, 6.07) is 14.7. The summed E-state index contributed by atoms with van der Waals surface area (Å²) in [6.07, 6.45) is 3.94. The summed E-state index contributed by atoms with van der Waals surface area (Å²) in [5.41, 5.74) is 1.12. The van der Waals surface area contributed by atoms with E-state index in [4.69, 9.17) is 0 Å². The maximum atomic E-state index is 12.9. The van der Waals surface area contributed by atoms with Gasteiger partial charge in [0.2, 0.25) is 5.91 Å². The summed E-state index contributed by atoms with van der Waals surface area (Å²) >= 11 is 0. The van der Waals surface area contributed by atoms with E-state index in [0.29, 0.717) is 23.7 Å². The van der Waals surface area contributed by atoms with Crippen molar-refractivity contribution in [2.24, 2.45) is 23.7 Å². The van der Waals surface area contributed by atoms with Crippen molar-refractivity contribution >= 4 is 22.4 Å². The molecule has 0 radical (unpaired) electrons. The average Bonchev–Trinajstić information content (AvgIpc) is 3.20. The standard InChI is InChI=1S/C19H19NO/c21-19-18-14-9-8-13(10-14)16(18)11-20(19)17-7-3-5-12-4-1-2-6-15(12)17/h1-7,13-14,16,18H,8-11H2. The molecule has 2 aliphatic carbocycles. The largest absolute Gasteiger partial charge is 0.311 e. The summed E-state index contributed by atoms with van der Waals surface area (Å²) in [6.45, 7) is 0.943. The number of fused-ring (bicyclic) bond motifs is 6. The molecule has 1 amide bonds. The number of carbonyl (C=O) groups is 1. The third-order valence-electron chi connectivity index (χ3n) is 6.09. The summed E-state index contributed by atoms with van der Waals surface area (Å²) in [5, 5.41) is 2.43. The second kappa shape index (κ2) is 4.09. The van der Waals surface area contributed by atoms with Crippen LogP contribution in [-0.4, -0.2) is 12.5 Å². The SMILES string of the molecule is O=C1C2C3CCC(C3)C2CN1c1cccc2ccccc12. The molecule has 106 valence electrons. The minimum absolute atomic E-state index is 0.322. The highest BCUT2D eigenvalue weighted by molar-refractivity contribution is 6.06. The molecule has 21 heavy (non-hydrogen) atoms. The van der Waals surface area contributed by atoms with Crippen molar-refractivity contribution in [3.8, 4) is 0 Å². The third kappa shape index (κ3) is 1.51. The summed E-state index contributed by atoms with van der Waals surface area (Å²) < 4.78 is 0. The van der Waals surface area contributed by atoms with Gasteiger partial charge in [-0.1, -0.05) is 36.4 Å². The van der Waals surface area contributed by atoms with E-state index in [2.05, 4.69) is 47.4 Å². The average molecular weight is 277 g/mol.